The number of ether oxygens (including phenoxy) is 2. The molecule has 0 saturated heterocycles. The Labute approximate surface area is 133 Å². The maximum absolute atomic E-state index is 13.5. The zero-order valence-electron chi connectivity index (χ0n) is 11.9. The normalized spacial score (nSPS) is 12.1. The zero-order chi connectivity index (χ0) is 15.6. The Morgan fingerprint density at radius 1 is 1.00 bits per heavy atom. The maximum Gasteiger partial charge on any atom is 0.162 e. The van der Waals surface area contributed by atoms with Crippen LogP contribution >= 0.6 is 23.2 Å². The zero-order valence-corrected chi connectivity index (χ0v) is 13.4. The molecule has 2 aromatic carbocycles. The lowest BCUT2D eigenvalue weighted by atomic mass is 10.0. The number of aryl methyl sites for hydroxylation is 1. The molecule has 0 bridgehead atoms. The van der Waals surface area contributed by atoms with Crippen molar-refractivity contribution in [3.8, 4) is 11.5 Å². The van der Waals surface area contributed by atoms with Crippen molar-refractivity contribution in [1.29, 1.82) is 0 Å². The summed E-state index contributed by atoms with van der Waals surface area (Å²) in [7, 11) is 3.06. The van der Waals surface area contributed by atoms with E-state index in [0.29, 0.717) is 27.6 Å². The summed E-state index contributed by atoms with van der Waals surface area (Å²) in [5.41, 5.74) is 2.08. The van der Waals surface area contributed by atoms with Crippen molar-refractivity contribution < 1.29 is 13.9 Å². The lowest BCUT2D eigenvalue weighted by molar-refractivity contribution is 0.354. The van der Waals surface area contributed by atoms with Crippen molar-refractivity contribution in [3.05, 3.63) is 57.9 Å². The molecule has 2 nitrogen and oxygen atoms in total. The Hall–Kier alpha value is -1.45. The van der Waals surface area contributed by atoms with Crippen LogP contribution < -0.4 is 9.47 Å². The summed E-state index contributed by atoms with van der Waals surface area (Å²) in [6.45, 7) is 1.81. The van der Waals surface area contributed by atoms with Crippen LogP contribution in [0, 0.1) is 12.7 Å². The van der Waals surface area contributed by atoms with Crippen LogP contribution in [0.15, 0.2) is 30.3 Å². The van der Waals surface area contributed by atoms with Crippen LogP contribution in [-0.4, -0.2) is 14.2 Å². The standard InChI is InChI=1S/C16H15Cl2FO2/c1-9-4-10(6-11(19)5-9)16(18)12-7-14(20-2)15(21-3)8-13(12)17/h4-8,16H,1-3H3. The summed E-state index contributed by atoms with van der Waals surface area (Å²) in [5, 5.41) is -0.138. The van der Waals surface area contributed by atoms with Crippen molar-refractivity contribution in [2.75, 3.05) is 14.2 Å². The van der Waals surface area contributed by atoms with E-state index in [9.17, 15) is 4.39 Å². The lowest BCUT2D eigenvalue weighted by Gasteiger charge is -2.16. The second kappa shape index (κ2) is 6.54. The molecule has 0 fully saturated rings. The SMILES string of the molecule is COc1cc(Cl)c(C(Cl)c2cc(C)cc(F)c2)cc1OC. The molecule has 0 radical (unpaired) electrons. The van der Waals surface area contributed by atoms with Gasteiger partial charge in [0.1, 0.15) is 5.82 Å². The highest BCUT2D eigenvalue weighted by Crippen LogP contribution is 2.40. The molecule has 0 aliphatic carbocycles. The first-order chi connectivity index (χ1) is 9.96. The highest BCUT2D eigenvalue weighted by atomic mass is 35.5. The Morgan fingerprint density at radius 3 is 2.19 bits per heavy atom. The number of halogens is 3. The number of benzene rings is 2. The number of hydrogen-bond donors (Lipinski definition) is 0. The average Bonchev–Trinajstić information content (AvgIpc) is 2.45. The largest absolute Gasteiger partial charge is 0.493 e. The van der Waals surface area contributed by atoms with Crippen molar-refractivity contribution in [2.24, 2.45) is 0 Å². The molecule has 0 spiro atoms. The summed E-state index contributed by atoms with van der Waals surface area (Å²) in [5.74, 6) is 0.716. The number of hydrogen-bond acceptors (Lipinski definition) is 2. The van der Waals surface area contributed by atoms with E-state index in [1.807, 2.05) is 13.0 Å². The molecule has 5 heteroatoms. The van der Waals surface area contributed by atoms with Gasteiger partial charge in [0.15, 0.2) is 11.5 Å². The molecule has 0 aliphatic rings. The third-order valence-corrected chi connectivity index (χ3v) is 3.95. The van der Waals surface area contributed by atoms with Gasteiger partial charge in [-0.25, -0.2) is 4.39 Å². The average molecular weight is 329 g/mol. The first-order valence-corrected chi connectivity index (χ1v) is 7.10. The number of rotatable bonds is 4. The fourth-order valence-electron chi connectivity index (χ4n) is 2.15. The molecule has 0 saturated carbocycles. The summed E-state index contributed by atoms with van der Waals surface area (Å²) in [6, 6.07) is 8.02. The van der Waals surface area contributed by atoms with Gasteiger partial charge >= 0.3 is 0 Å². The predicted molar refractivity (Wildman–Crippen MR) is 83.4 cm³/mol. The summed E-state index contributed by atoms with van der Waals surface area (Å²) in [6.07, 6.45) is 0. The van der Waals surface area contributed by atoms with Crippen molar-refractivity contribution in [1.82, 2.24) is 0 Å². The number of alkyl halides is 1. The van der Waals surface area contributed by atoms with Gasteiger partial charge in [-0.3, -0.25) is 0 Å². The number of methoxy groups -OCH3 is 2. The second-order valence-corrected chi connectivity index (χ2v) is 5.50. The Balaban J connectivity index is 2.49. The molecule has 2 rings (SSSR count). The second-order valence-electron chi connectivity index (χ2n) is 4.65. The van der Waals surface area contributed by atoms with Crippen molar-refractivity contribution >= 4 is 23.2 Å². The Bertz CT molecular complexity index is 639. The van der Waals surface area contributed by atoms with Crippen LogP contribution in [0.25, 0.3) is 0 Å². The molecule has 0 aliphatic heterocycles. The van der Waals surface area contributed by atoms with Crippen LogP contribution in [0.4, 0.5) is 4.39 Å². The Morgan fingerprint density at radius 2 is 1.62 bits per heavy atom. The molecule has 1 atom stereocenters. The molecule has 1 unspecified atom stereocenters. The molecular weight excluding hydrogens is 314 g/mol. The van der Waals surface area contributed by atoms with Gasteiger partial charge in [0.25, 0.3) is 0 Å². The first-order valence-electron chi connectivity index (χ1n) is 6.29. The molecule has 0 heterocycles. The molecule has 112 valence electrons. The third kappa shape index (κ3) is 3.42. The maximum atomic E-state index is 13.5. The smallest absolute Gasteiger partial charge is 0.162 e. The van der Waals surface area contributed by atoms with E-state index in [4.69, 9.17) is 32.7 Å². The topological polar surface area (TPSA) is 18.5 Å². The van der Waals surface area contributed by atoms with Gasteiger partial charge in [0.2, 0.25) is 0 Å². The first kappa shape index (κ1) is 15.9. The van der Waals surface area contributed by atoms with E-state index in [0.717, 1.165) is 5.56 Å². The van der Waals surface area contributed by atoms with Gasteiger partial charge in [-0.05, 0) is 41.8 Å². The highest BCUT2D eigenvalue weighted by molar-refractivity contribution is 6.33. The summed E-state index contributed by atoms with van der Waals surface area (Å²) < 4.78 is 24.0. The van der Waals surface area contributed by atoms with Crippen LogP contribution in [-0.2, 0) is 0 Å². The van der Waals surface area contributed by atoms with Gasteiger partial charge in [0.05, 0.1) is 19.6 Å². The van der Waals surface area contributed by atoms with Crippen molar-refractivity contribution in [2.45, 2.75) is 12.3 Å². The molecular formula is C16H15Cl2FO2. The minimum Gasteiger partial charge on any atom is -0.493 e. The minimum atomic E-state index is -0.577. The van der Waals surface area contributed by atoms with Gasteiger partial charge < -0.3 is 9.47 Å². The van der Waals surface area contributed by atoms with E-state index in [1.165, 1.54) is 26.4 Å². The van der Waals surface area contributed by atoms with Crippen molar-refractivity contribution in [3.63, 3.8) is 0 Å². The van der Waals surface area contributed by atoms with Crippen LogP contribution in [0.3, 0.4) is 0 Å². The Kier molecular flexibility index (Phi) is 4.96. The summed E-state index contributed by atoms with van der Waals surface area (Å²) >= 11 is 12.7. The van der Waals surface area contributed by atoms with Crippen LogP contribution in [0.2, 0.25) is 5.02 Å². The molecule has 0 amide bonds. The fraction of sp³-hybridized carbons (Fsp3) is 0.250. The van der Waals surface area contributed by atoms with Gasteiger partial charge in [0, 0.05) is 11.1 Å². The van der Waals surface area contributed by atoms with Gasteiger partial charge in [-0.15, -0.1) is 11.6 Å². The summed E-state index contributed by atoms with van der Waals surface area (Å²) in [4.78, 5) is 0. The van der Waals surface area contributed by atoms with Crippen LogP contribution in [0.1, 0.15) is 22.1 Å². The fourth-order valence-corrected chi connectivity index (χ4v) is 2.78. The van der Waals surface area contributed by atoms with Gasteiger partial charge in [-0.2, -0.15) is 0 Å². The lowest BCUT2D eigenvalue weighted by Crippen LogP contribution is -1.99. The molecule has 0 N–H and O–H groups in total. The minimum absolute atomic E-state index is 0.327. The molecule has 0 aromatic heterocycles. The third-order valence-electron chi connectivity index (χ3n) is 3.13. The quantitative estimate of drug-likeness (QED) is 0.724. The van der Waals surface area contributed by atoms with E-state index >= 15 is 0 Å². The molecule has 21 heavy (non-hydrogen) atoms. The van der Waals surface area contributed by atoms with E-state index in [2.05, 4.69) is 0 Å². The van der Waals surface area contributed by atoms with E-state index in [-0.39, 0.29) is 5.82 Å². The van der Waals surface area contributed by atoms with Crippen LogP contribution in [0.5, 0.6) is 11.5 Å². The van der Waals surface area contributed by atoms with Gasteiger partial charge in [-0.1, -0.05) is 17.7 Å². The van der Waals surface area contributed by atoms with E-state index < -0.39 is 5.38 Å². The molecule has 2 aromatic rings. The highest BCUT2D eigenvalue weighted by Gasteiger charge is 2.19. The van der Waals surface area contributed by atoms with E-state index in [1.54, 1.807) is 12.1 Å². The monoisotopic (exact) mass is 328 g/mol. The predicted octanol–water partition coefficient (Wildman–Crippen LogP) is 5.13.